The molecule has 2 aromatic carbocycles. The van der Waals surface area contributed by atoms with Gasteiger partial charge in [0.15, 0.2) is 0 Å². The van der Waals surface area contributed by atoms with E-state index in [0.29, 0.717) is 5.92 Å². The highest BCUT2D eigenvalue weighted by Crippen LogP contribution is 2.25. The summed E-state index contributed by atoms with van der Waals surface area (Å²) in [5.74, 6) is 0.929. The summed E-state index contributed by atoms with van der Waals surface area (Å²) in [5, 5.41) is 4.00. The number of hydrogen-bond donors (Lipinski definition) is 1. The van der Waals surface area contributed by atoms with E-state index in [1.807, 2.05) is 12.1 Å². The summed E-state index contributed by atoms with van der Waals surface area (Å²) in [6, 6.07) is 18.6. The van der Waals surface area contributed by atoms with Gasteiger partial charge in [0, 0.05) is 42.8 Å². The number of nitrogens with one attached hydrogen (secondary N) is 1. The van der Waals surface area contributed by atoms with Gasteiger partial charge in [0.1, 0.15) is 0 Å². The second-order valence-corrected chi connectivity index (χ2v) is 8.79. The number of hydrogen-bond acceptors (Lipinski definition) is 3. The number of carbonyl (C=O) groups is 1. The lowest BCUT2D eigenvalue weighted by Gasteiger charge is -2.31. The summed E-state index contributed by atoms with van der Waals surface area (Å²) >= 11 is 5.99. The van der Waals surface area contributed by atoms with Crippen LogP contribution in [0.3, 0.4) is 0 Å². The number of nitrogens with zero attached hydrogens (tertiary/aromatic N) is 2. The minimum atomic E-state index is 0.163. The second-order valence-electron chi connectivity index (χ2n) is 8.36. The van der Waals surface area contributed by atoms with E-state index < -0.39 is 0 Å². The quantitative estimate of drug-likeness (QED) is 0.773. The van der Waals surface area contributed by atoms with Gasteiger partial charge in [-0.1, -0.05) is 41.9 Å². The van der Waals surface area contributed by atoms with Crippen molar-refractivity contribution in [3.63, 3.8) is 0 Å². The summed E-state index contributed by atoms with van der Waals surface area (Å²) in [5.41, 5.74) is 2.57. The minimum Gasteiger partial charge on any atom is -0.371 e. The largest absolute Gasteiger partial charge is 0.371 e. The molecule has 154 valence electrons. The number of carbonyl (C=O) groups excluding carboxylic acids is 1. The molecule has 2 aliphatic rings. The predicted octanol–water partition coefficient (Wildman–Crippen LogP) is 4.19. The molecule has 4 nitrogen and oxygen atoms in total. The Balaban J connectivity index is 1.17. The second kappa shape index (κ2) is 9.64. The first-order valence-corrected chi connectivity index (χ1v) is 11.1. The number of anilines is 1. The van der Waals surface area contributed by atoms with Gasteiger partial charge in [-0.15, -0.1) is 0 Å². The van der Waals surface area contributed by atoms with Gasteiger partial charge in [-0.05, 0) is 68.1 Å². The van der Waals surface area contributed by atoms with E-state index in [-0.39, 0.29) is 11.8 Å². The third-order valence-corrected chi connectivity index (χ3v) is 6.50. The molecule has 0 aliphatic carbocycles. The summed E-state index contributed by atoms with van der Waals surface area (Å²) in [7, 11) is 0. The number of piperidine rings is 1. The van der Waals surface area contributed by atoms with E-state index in [1.54, 1.807) is 0 Å². The molecule has 0 saturated carbocycles. The fourth-order valence-electron chi connectivity index (χ4n) is 4.47. The van der Waals surface area contributed by atoms with Gasteiger partial charge in [0.2, 0.25) is 5.91 Å². The third kappa shape index (κ3) is 5.52. The molecule has 2 saturated heterocycles. The van der Waals surface area contributed by atoms with E-state index in [0.717, 1.165) is 63.6 Å². The summed E-state index contributed by atoms with van der Waals surface area (Å²) in [6.45, 7) is 5.81. The maximum atomic E-state index is 12.7. The smallest absolute Gasteiger partial charge is 0.223 e. The average molecular weight is 412 g/mol. The monoisotopic (exact) mass is 411 g/mol. The van der Waals surface area contributed by atoms with Gasteiger partial charge >= 0.3 is 0 Å². The van der Waals surface area contributed by atoms with Crippen molar-refractivity contribution in [2.75, 3.05) is 37.6 Å². The first kappa shape index (κ1) is 20.2. The molecule has 1 N–H and O–H groups in total. The number of rotatable bonds is 6. The lowest BCUT2D eigenvalue weighted by Crippen LogP contribution is -2.41. The summed E-state index contributed by atoms with van der Waals surface area (Å²) in [4.78, 5) is 17.5. The Morgan fingerprint density at radius 3 is 2.41 bits per heavy atom. The van der Waals surface area contributed by atoms with Gasteiger partial charge in [0.25, 0.3) is 0 Å². The van der Waals surface area contributed by atoms with Crippen LogP contribution in [0.1, 0.15) is 24.8 Å². The highest BCUT2D eigenvalue weighted by molar-refractivity contribution is 6.30. The molecule has 5 heteroatoms. The zero-order valence-corrected chi connectivity index (χ0v) is 17.7. The summed E-state index contributed by atoms with van der Waals surface area (Å²) < 4.78 is 0. The van der Waals surface area contributed by atoms with E-state index in [9.17, 15) is 4.79 Å². The van der Waals surface area contributed by atoms with E-state index >= 15 is 0 Å². The molecule has 0 unspecified atom stereocenters. The zero-order valence-electron chi connectivity index (χ0n) is 16.9. The maximum absolute atomic E-state index is 12.7. The standard InChI is InChI=1S/C24H30ClN3O/c25-22-6-8-23(9-7-22)28-15-10-20(18-28)16-26-24(29)21-11-13-27(14-12-21)17-19-4-2-1-3-5-19/h1-9,20-21H,10-18H2,(H,26,29)/t20-/m1/s1. The predicted molar refractivity (Wildman–Crippen MR) is 119 cm³/mol. The molecule has 0 bridgehead atoms. The Morgan fingerprint density at radius 2 is 1.69 bits per heavy atom. The van der Waals surface area contributed by atoms with Crippen LogP contribution in [0.4, 0.5) is 5.69 Å². The third-order valence-electron chi connectivity index (χ3n) is 6.25. The maximum Gasteiger partial charge on any atom is 0.223 e. The fraction of sp³-hybridized carbons (Fsp3) is 0.458. The Kier molecular flexibility index (Phi) is 6.73. The number of likely N-dealkylation sites (tertiary alicyclic amines) is 1. The van der Waals surface area contributed by atoms with Gasteiger partial charge < -0.3 is 10.2 Å². The van der Waals surface area contributed by atoms with Gasteiger partial charge in [-0.3, -0.25) is 9.69 Å². The average Bonchev–Trinajstić information content (AvgIpc) is 3.23. The molecular weight excluding hydrogens is 382 g/mol. The topological polar surface area (TPSA) is 35.6 Å². The van der Waals surface area contributed by atoms with Crippen molar-refractivity contribution in [1.82, 2.24) is 10.2 Å². The molecule has 1 atom stereocenters. The molecule has 4 rings (SSSR count). The van der Waals surface area contributed by atoms with Gasteiger partial charge in [-0.2, -0.15) is 0 Å². The van der Waals surface area contributed by atoms with Gasteiger partial charge in [-0.25, -0.2) is 0 Å². The molecule has 1 amide bonds. The molecule has 0 spiro atoms. The lowest BCUT2D eigenvalue weighted by molar-refractivity contribution is -0.126. The van der Waals surface area contributed by atoms with Crippen LogP contribution < -0.4 is 10.2 Å². The van der Waals surface area contributed by atoms with Crippen molar-refractivity contribution in [1.29, 1.82) is 0 Å². The van der Waals surface area contributed by atoms with E-state index in [2.05, 4.69) is 57.6 Å². The molecule has 0 radical (unpaired) electrons. The normalized spacial score (nSPS) is 20.7. The Bertz CT molecular complexity index is 788. The molecule has 29 heavy (non-hydrogen) atoms. The minimum absolute atomic E-state index is 0.163. The highest BCUT2D eigenvalue weighted by Gasteiger charge is 2.27. The Labute approximate surface area is 178 Å². The van der Waals surface area contributed by atoms with E-state index in [1.165, 1.54) is 11.3 Å². The number of benzene rings is 2. The van der Waals surface area contributed by atoms with Crippen molar-refractivity contribution in [2.24, 2.45) is 11.8 Å². The first-order chi connectivity index (χ1) is 14.2. The van der Waals surface area contributed by atoms with Crippen LogP contribution >= 0.6 is 11.6 Å². The zero-order chi connectivity index (χ0) is 20.1. The first-order valence-electron chi connectivity index (χ1n) is 10.7. The number of amides is 1. The summed E-state index contributed by atoms with van der Waals surface area (Å²) in [6.07, 6.45) is 3.04. The van der Waals surface area contributed by atoms with Crippen molar-refractivity contribution in [2.45, 2.75) is 25.8 Å². The lowest BCUT2D eigenvalue weighted by atomic mass is 9.95. The van der Waals surface area contributed by atoms with Crippen LogP contribution in [-0.4, -0.2) is 43.5 Å². The van der Waals surface area contributed by atoms with Crippen LogP contribution in [0.25, 0.3) is 0 Å². The molecule has 2 fully saturated rings. The molecule has 2 aliphatic heterocycles. The fourth-order valence-corrected chi connectivity index (χ4v) is 4.60. The van der Waals surface area contributed by atoms with Crippen LogP contribution in [0.15, 0.2) is 54.6 Å². The Morgan fingerprint density at radius 1 is 0.966 bits per heavy atom. The van der Waals surface area contributed by atoms with Crippen molar-refractivity contribution < 1.29 is 4.79 Å². The van der Waals surface area contributed by atoms with Crippen LogP contribution in [0.2, 0.25) is 5.02 Å². The Hall–Kier alpha value is -2.04. The van der Waals surface area contributed by atoms with Crippen molar-refractivity contribution >= 4 is 23.2 Å². The number of halogens is 1. The molecular formula is C24H30ClN3O. The van der Waals surface area contributed by atoms with Crippen LogP contribution in [0, 0.1) is 11.8 Å². The van der Waals surface area contributed by atoms with Crippen LogP contribution in [-0.2, 0) is 11.3 Å². The van der Waals surface area contributed by atoms with Crippen LogP contribution in [0.5, 0.6) is 0 Å². The molecule has 0 aromatic heterocycles. The van der Waals surface area contributed by atoms with Crippen molar-refractivity contribution in [3.05, 3.63) is 65.2 Å². The highest BCUT2D eigenvalue weighted by atomic mass is 35.5. The van der Waals surface area contributed by atoms with E-state index in [4.69, 9.17) is 11.6 Å². The van der Waals surface area contributed by atoms with Crippen molar-refractivity contribution in [3.8, 4) is 0 Å². The molecule has 2 heterocycles. The van der Waals surface area contributed by atoms with Gasteiger partial charge in [0.05, 0.1) is 0 Å². The SMILES string of the molecule is O=C(NC[C@H]1CCN(c2ccc(Cl)cc2)C1)C1CCN(Cc2ccccc2)CC1. The molecule has 2 aromatic rings.